The van der Waals surface area contributed by atoms with E-state index in [1.807, 2.05) is 14.0 Å². The van der Waals surface area contributed by atoms with Gasteiger partial charge in [0.2, 0.25) is 5.91 Å². The second-order valence-corrected chi connectivity index (χ2v) is 8.14. The predicted octanol–water partition coefficient (Wildman–Crippen LogP) is 2.30. The van der Waals surface area contributed by atoms with Crippen molar-refractivity contribution in [1.29, 1.82) is 0 Å². The first-order valence-electron chi connectivity index (χ1n) is 10.2. The molecule has 1 heterocycles. The molecule has 5 atom stereocenters. The van der Waals surface area contributed by atoms with Gasteiger partial charge in [-0.05, 0) is 51.3 Å². The van der Waals surface area contributed by atoms with Crippen LogP contribution in [-0.4, -0.2) is 61.1 Å². The molecule has 0 bridgehead atoms. The van der Waals surface area contributed by atoms with Crippen molar-refractivity contribution in [2.24, 2.45) is 11.8 Å². The maximum atomic E-state index is 13.1. The maximum absolute atomic E-state index is 13.1. The third-order valence-electron chi connectivity index (χ3n) is 5.65. The number of aliphatic hydroxyl groups is 1. The first-order chi connectivity index (χ1) is 13.8. The molecule has 2 N–H and O–H groups in total. The van der Waals surface area contributed by atoms with Crippen LogP contribution >= 0.6 is 0 Å². The van der Waals surface area contributed by atoms with Gasteiger partial charge >= 0.3 is 0 Å². The number of nitrogens with one attached hydrogen (secondary N) is 1. The maximum Gasteiger partial charge on any atom is 0.223 e. The second kappa shape index (κ2) is 9.82. The van der Waals surface area contributed by atoms with E-state index in [0.717, 1.165) is 31.5 Å². The Kier molecular flexibility index (Phi) is 7.43. The molecule has 0 unspecified atom stereocenters. The van der Waals surface area contributed by atoms with Crippen LogP contribution in [-0.2, 0) is 9.53 Å². The van der Waals surface area contributed by atoms with Crippen molar-refractivity contribution in [3.8, 4) is 5.75 Å². The van der Waals surface area contributed by atoms with Gasteiger partial charge in [-0.15, -0.1) is 0 Å². The molecule has 1 saturated heterocycles. The van der Waals surface area contributed by atoms with Gasteiger partial charge in [-0.25, -0.2) is 8.78 Å². The SMILES string of the molecule is C[C@@H]1C[C@H](N(C)C[C@H]2C[C@@H]2C(=O)NCCCOc2ccc(F)c(F)c2)C[C@H](O)O1. The first-order valence-corrected chi connectivity index (χ1v) is 10.2. The van der Waals surface area contributed by atoms with Gasteiger partial charge in [0.25, 0.3) is 0 Å². The van der Waals surface area contributed by atoms with Gasteiger partial charge in [0, 0.05) is 37.5 Å². The number of amides is 1. The zero-order valence-electron chi connectivity index (χ0n) is 16.9. The third kappa shape index (κ3) is 6.35. The van der Waals surface area contributed by atoms with E-state index in [1.165, 1.54) is 6.07 Å². The van der Waals surface area contributed by atoms with E-state index in [4.69, 9.17) is 9.47 Å². The molecule has 6 nitrogen and oxygen atoms in total. The van der Waals surface area contributed by atoms with Crippen molar-refractivity contribution in [1.82, 2.24) is 10.2 Å². The number of carbonyl (C=O) groups excluding carboxylic acids is 1. The normalized spacial score (nSPS) is 29.0. The molecule has 162 valence electrons. The molecule has 1 aliphatic carbocycles. The number of nitrogens with zero attached hydrogens (tertiary/aromatic N) is 1. The Morgan fingerprint density at radius 3 is 2.83 bits per heavy atom. The number of ether oxygens (including phenoxy) is 2. The Bertz CT molecular complexity index is 695. The van der Waals surface area contributed by atoms with E-state index in [2.05, 4.69) is 10.2 Å². The van der Waals surface area contributed by atoms with E-state index in [-0.39, 0.29) is 29.7 Å². The van der Waals surface area contributed by atoms with Gasteiger partial charge in [0.15, 0.2) is 17.9 Å². The average molecular weight is 412 g/mol. The van der Waals surface area contributed by atoms with Crippen LogP contribution in [0, 0.1) is 23.5 Å². The molecule has 0 radical (unpaired) electrons. The summed E-state index contributed by atoms with van der Waals surface area (Å²) < 4.78 is 36.7. The topological polar surface area (TPSA) is 71.0 Å². The Morgan fingerprint density at radius 2 is 2.10 bits per heavy atom. The number of rotatable bonds is 9. The van der Waals surface area contributed by atoms with Gasteiger partial charge < -0.3 is 24.8 Å². The minimum atomic E-state index is -0.940. The lowest BCUT2D eigenvalue weighted by Crippen LogP contribution is -2.44. The highest BCUT2D eigenvalue weighted by molar-refractivity contribution is 5.81. The van der Waals surface area contributed by atoms with E-state index < -0.39 is 17.9 Å². The third-order valence-corrected chi connectivity index (χ3v) is 5.65. The summed E-state index contributed by atoms with van der Waals surface area (Å²) in [6, 6.07) is 3.68. The van der Waals surface area contributed by atoms with Crippen molar-refractivity contribution >= 4 is 5.91 Å². The van der Waals surface area contributed by atoms with E-state index in [0.29, 0.717) is 31.9 Å². The molecule has 1 aromatic carbocycles. The molecule has 2 aliphatic rings. The molecule has 0 aromatic heterocycles. The van der Waals surface area contributed by atoms with Crippen LogP contribution in [0.25, 0.3) is 0 Å². The molecule has 0 spiro atoms. The largest absolute Gasteiger partial charge is 0.493 e. The van der Waals surface area contributed by atoms with E-state index in [1.54, 1.807) is 0 Å². The number of benzene rings is 1. The van der Waals surface area contributed by atoms with Crippen molar-refractivity contribution in [3.63, 3.8) is 0 Å². The highest BCUT2D eigenvalue weighted by Gasteiger charge is 2.44. The molecule has 1 amide bonds. The second-order valence-electron chi connectivity index (χ2n) is 8.14. The summed E-state index contributed by atoms with van der Waals surface area (Å²) in [5.41, 5.74) is 0. The molecule has 3 rings (SSSR count). The molecule has 1 saturated carbocycles. The molecular formula is C21H30F2N2O4. The number of halogens is 2. The molecule has 29 heavy (non-hydrogen) atoms. The summed E-state index contributed by atoms with van der Waals surface area (Å²) >= 11 is 0. The Morgan fingerprint density at radius 1 is 1.31 bits per heavy atom. The van der Waals surface area contributed by atoms with Gasteiger partial charge in [-0.1, -0.05) is 0 Å². The number of hydrogen-bond donors (Lipinski definition) is 2. The van der Waals surface area contributed by atoms with Gasteiger partial charge in [0.05, 0.1) is 12.7 Å². The van der Waals surface area contributed by atoms with Crippen molar-refractivity contribution in [2.45, 2.75) is 51.0 Å². The van der Waals surface area contributed by atoms with Gasteiger partial charge in [-0.2, -0.15) is 0 Å². The smallest absolute Gasteiger partial charge is 0.223 e. The summed E-state index contributed by atoms with van der Waals surface area (Å²) in [5.74, 6) is -1.15. The summed E-state index contributed by atoms with van der Waals surface area (Å²) in [6.07, 6.45) is 2.27. The Balaban J connectivity index is 1.29. The molecule has 8 heteroatoms. The van der Waals surface area contributed by atoms with Crippen LogP contribution in [0.2, 0.25) is 0 Å². The lowest BCUT2D eigenvalue weighted by molar-refractivity contribution is -0.174. The molecule has 2 fully saturated rings. The Hall–Kier alpha value is -1.77. The number of hydrogen-bond acceptors (Lipinski definition) is 5. The van der Waals surface area contributed by atoms with E-state index >= 15 is 0 Å². The van der Waals surface area contributed by atoms with Crippen LogP contribution < -0.4 is 10.1 Å². The lowest BCUT2D eigenvalue weighted by Gasteiger charge is -2.36. The number of carbonyl (C=O) groups is 1. The summed E-state index contributed by atoms with van der Waals surface area (Å²) in [5, 5.41) is 12.7. The Labute approximate surface area is 170 Å². The zero-order chi connectivity index (χ0) is 21.0. The van der Waals surface area contributed by atoms with Crippen LogP contribution in [0.15, 0.2) is 18.2 Å². The van der Waals surface area contributed by atoms with Crippen LogP contribution in [0.3, 0.4) is 0 Å². The average Bonchev–Trinajstić information content (AvgIpc) is 3.42. The standard InChI is InChI=1S/C21H30F2N2O4/c1-13-8-15(10-20(26)29-13)25(2)12-14-9-17(14)21(27)24-6-3-7-28-16-4-5-18(22)19(23)11-16/h4-5,11,13-15,17,20,26H,3,6-10,12H2,1-2H3,(H,24,27)/t13-,14-,15+,17+,20-/m1/s1. The summed E-state index contributed by atoms with van der Waals surface area (Å²) in [6.45, 7) is 3.59. The fraction of sp³-hybridized carbons (Fsp3) is 0.667. The summed E-state index contributed by atoms with van der Waals surface area (Å²) in [7, 11) is 2.04. The fourth-order valence-corrected chi connectivity index (χ4v) is 3.91. The van der Waals surface area contributed by atoms with Crippen molar-refractivity contribution in [2.75, 3.05) is 26.7 Å². The van der Waals surface area contributed by atoms with E-state index in [9.17, 15) is 18.7 Å². The first kappa shape index (κ1) is 21.9. The summed E-state index contributed by atoms with van der Waals surface area (Å²) in [4.78, 5) is 14.5. The molecular weight excluding hydrogens is 382 g/mol. The van der Waals surface area contributed by atoms with Crippen molar-refractivity contribution in [3.05, 3.63) is 29.8 Å². The van der Waals surface area contributed by atoms with Gasteiger partial charge in [-0.3, -0.25) is 4.79 Å². The van der Waals surface area contributed by atoms with Crippen LogP contribution in [0.1, 0.15) is 32.6 Å². The zero-order valence-corrected chi connectivity index (χ0v) is 16.9. The monoisotopic (exact) mass is 412 g/mol. The number of aliphatic hydroxyl groups excluding tert-OH is 1. The van der Waals surface area contributed by atoms with Crippen LogP contribution in [0.4, 0.5) is 8.78 Å². The quantitative estimate of drug-likeness (QED) is 0.609. The lowest BCUT2D eigenvalue weighted by atomic mass is 10.0. The predicted molar refractivity (Wildman–Crippen MR) is 103 cm³/mol. The van der Waals surface area contributed by atoms with Gasteiger partial charge in [0.1, 0.15) is 5.75 Å². The molecule has 1 aromatic rings. The minimum Gasteiger partial charge on any atom is -0.493 e. The molecule has 1 aliphatic heterocycles. The van der Waals surface area contributed by atoms with Crippen molar-refractivity contribution < 1.29 is 28.2 Å². The fourth-order valence-electron chi connectivity index (χ4n) is 3.91. The van der Waals surface area contributed by atoms with Crippen LogP contribution in [0.5, 0.6) is 5.75 Å². The highest BCUT2D eigenvalue weighted by atomic mass is 19.2. The minimum absolute atomic E-state index is 0.0340. The highest BCUT2D eigenvalue weighted by Crippen LogP contribution is 2.40.